The molecule has 3 rings (SSSR count). The maximum Gasteiger partial charge on any atom is 0.175 e. The third-order valence-corrected chi connectivity index (χ3v) is 4.58. The van der Waals surface area contributed by atoms with E-state index in [1.807, 2.05) is 23.0 Å². The van der Waals surface area contributed by atoms with Crippen molar-refractivity contribution in [3.8, 4) is 0 Å². The number of hydrogen-bond acceptors (Lipinski definition) is 2. The Morgan fingerprint density at radius 1 is 1.12 bits per heavy atom. The molecule has 4 nitrogen and oxygen atoms in total. The number of aromatic nitrogens is 2. The van der Waals surface area contributed by atoms with E-state index < -0.39 is 0 Å². The van der Waals surface area contributed by atoms with Crippen LogP contribution in [0.15, 0.2) is 65.4 Å². The average molecular weight is 429 g/mol. The Morgan fingerprint density at radius 2 is 1.85 bits per heavy atom. The molecule has 134 valence electrons. The van der Waals surface area contributed by atoms with Gasteiger partial charge in [0.1, 0.15) is 0 Å². The van der Waals surface area contributed by atoms with E-state index in [0.29, 0.717) is 17.6 Å². The van der Waals surface area contributed by atoms with Crippen molar-refractivity contribution in [2.75, 3.05) is 10.6 Å². The largest absolute Gasteiger partial charge is 0.332 e. The van der Waals surface area contributed by atoms with Gasteiger partial charge in [-0.25, -0.2) is 0 Å². The molecule has 2 N–H and O–H groups in total. The van der Waals surface area contributed by atoms with E-state index in [9.17, 15) is 0 Å². The minimum Gasteiger partial charge on any atom is -0.332 e. The van der Waals surface area contributed by atoms with Crippen LogP contribution in [0.4, 0.5) is 11.4 Å². The molecule has 0 saturated heterocycles. The van der Waals surface area contributed by atoms with E-state index >= 15 is 0 Å². The molecule has 0 atom stereocenters. The molecular weight excluding hydrogens is 408 g/mol. The molecule has 1 heterocycles. The van der Waals surface area contributed by atoms with Crippen molar-refractivity contribution in [3.63, 3.8) is 0 Å². The summed E-state index contributed by atoms with van der Waals surface area (Å²) in [5, 5.41) is 11.3. The predicted octanol–water partition coefficient (Wildman–Crippen LogP) is 5.63. The summed E-state index contributed by atoms with van der Waals surface area (Å²) >= 11 is 8.85. The van der Waals surface area contributed by atoms with Gasteiger partial charge in [-0.1, -0.05) is 38.1 Å². The number of nitrogens with zero attached hydrogens (tertiary/aromatic N) is 2. The first-order valence-electron chi connectivity index (χ1n) is 8.44. The molecule has 1 aromatic heterocycles. The van der Waals surface area contributed by atoms with Gasteiger partial charge in [-0.15, -0.1) is 0 Å². The smallest absolute Gasteiger partial charge is 0.175 e. The average Bonchev–Trinajstić information content (AvgIpc) is 3.00. The van der Waals surface area contributed by atoms with Gasteiger partial charge in [-0.05, 0) is 69.5 Å². The van der Waals surface area contributed by atoms with E-state index in [0.717, 1.165) is 21.4 Å². The number of rotatable bonds is 5. The molecule has 0 radical (unpaired) electrons. The van der Waals surface area contributed by atoms with Crippen molar-refractivity contribution in [1.29, 1.82) is 0 Å². The number of thiocarbonyl (C=S) groups is 1. The lowest BCUT2D eigenvalue weighted by Crippen LogP contribution is -2.19. The van der Waals surface area contributed by atoms with Crippen molar-refractivity contribution in [2.24, 2.45) is 0 Å². The standard InChI is InChI=1S/C20H21BrN4S/c1-14(2)16-6-8-18(9-7-16)23-20(26)24-19-5-3-4-15(10-19)12-25-13-17(21)11-22-25/h3-11,13-14H,12H2,1-2H3,(H2,23,24,26). The fourth-order valence-corrected chi connectivity index (χ4v) is 3.17. The first-order valence-corrected chi connectivity index (χ1v) is 9.64. The van der Waals surface area contributed by atoms with Crippen LogP contribution < -0.4 is 10.6 Å². The normalized spacial score (nSPS) is 10.8. The Balaban J connectivity index is 1.61. The first-order chi connectivity index (χ1) is 12.5. The quantitative estimate of drug-likeness (QED) is 0.516. The topological polar surface area (TPSA) is 41.9 Å². The van der Waals surface area contributed by atoms with Crippen LogP contribution in [-0.4, -0.2) is 14.9 Å². The molecule has 2 aromatic carbocycles. The molecule has 6 heteroatoms. The van der Waals surface area contributed by atoms with Crippen molar-refractivity contribution in [1.82, 2.24) is 9.78 Å². The maximum atomic E-state index is 5.43. The number of anilines is 2. The van der Waals surface area contributed by atoms with Crippen LogP contribution in [0, 0.1) is 0 Å². The molecule has 0 unspecified atom stereocenters. The summed E-state index contributed by atoms with van der Waals surface area (Å²) in [7, 11) is 0. The van der Waals surface area contributed by atoms with Gasteiger partial charge < -0.3 is 10.6 Å². The van der Waals surface area contributed by atoms with Gasteiger partial charge >= 0.3 is 0 Å². The molecule has 26 heavy (non-hydrogen) atoms. The van der Waals surface area contributed by atoms with E-state index in [2.05, 4.69) is 81.9 Å². The number of benzene rings is 2. The van der Waals surface area contributed by atoms with E-state index in [-0.39, 0.29) is 0 Å². The van der Waals surface area contributed by atoms with Gasteiger partial charge in [0.2, 0.25) is 0 Å². The molecular formula is C20H21BrN4S. The Hall–Kier alpha value is -2.18. The van der Waals surface area contributed by atoms with Gasteiger partial charge in [-0.3, -0.25) is 4.68 Å². The molecule has 3 aromatic rings. The first kappa shape index (κ1) is 18.6. The van der Waals surface area contributed by atoms with Crippen LogP contribution >= 0.6 is 28.1 Å². The molecule has 0 aliphatic heterocycles. The number of halogens is 1. The van der Waals surface area contributed by atoms with Gasteiger partial charge in [0.15, 0.2) is 5.11 Å². The van der Waals surface area contributed by atoms with Crippen molar-refractivity contribution in [2.45, 2.75) is 26.3 Å². The zero-order chi connectivity index (χ0) is 18.5. The summed E-state index contributed by atoms with van der Waals surface area (Å²) in [6.07, 6.45) is 3.73. The van der Waals surface area contributed by atoms with E-state index in [1.165, 1.54) is 5.56 Å². The SMILES string of the molecule is CC(C)c1ccc(NC(=S)Nc2cccc(Cn3cc(Br)cn3)c2)cc1. The second-order valence-electron chi connectivity index (χ2n) is 6.41. The summed E-state index contributed by atoms with van der Waals surface area (Å²) in [5.74, 6) is 0.521. The lowest BCUT2D eigenvalue weighted by atomic mass is 10.0. The van der Waals surface area contributed by atoms with Gasteiger partial charge in [0.05, 0.1) is 17.2 Å². The Morgan fingerprint density at radius 3 is 2.50 bits per heavy atom. The van der Waals surface area contributed by atoms with Gasteiger partial charge in [-0.2, -0.15) is 5.10 Å². The van der Waals surface area contributed by atoms with Crippen molar-refractivity contribution >= 4 is 44.6 Å². The summed E-state index contributed by atoms with van der Waals surface area (Å²) in [5.41, 5.74) is 4.39. The van der Waals surface area contributed by atoms with Crippen LogP contribution in [0.5, 0.6) is 0 Å². The molecule has 0 bridgehead atoms. The van der Waals surface area contributed by atoms with Crippen LogP contribution in [0.25, 0.3) is 0 Å². The highest BCUT2D eigenvalue weighted by Crippen LogP contribution is 2.18. The van der Waals surface area contributed by atoms with E-state index in [4.69, 9.17) is 12.2 Å². The van der Waals surface area contributed by atoms with Gasteiger partial charge in [0.25, 0.3) is 0 Å². The molecule has 0 aliphatic rings. The lowest BCUT2D eigenvalue weighted by molar-refractivity contribution is 0.687. The fourth-order valence-electron chi connectivity index (χ4n) is 2.60. The highest BCUT2D eigenvalue weighted by molar-refractivity contribution is 9.10. The van der Waals surface area contributed by atoms with Crippen LogP contribution in [0.3, 0.4) is 0 Å². The predicted molar refractivity (Wildman–Crippen MR) is 116 cm³/mol. The fraction of sp³-hybridized carbons (Fsp3) is 0.200. The number of nitrogens with one attached hydrogen (secondary N) is 2. The summed E-state index contributed by atoms with van der Waals surface area (Å²) < 4.78 is 2.86. The minimum absolute atomic E-state index is 0.521. The summed E-state index contributed by atoms with van der Waals surface area (Å²) in [4.78, 5) is 0. The third kappa shape index (κ3) is 5.16. The minimum atomic E-state index is 0.521. The number of hydrogen-bond donors (Lipinski definition) is 2. The zero-order valence-corrected chi connectivity index (χ0v) is 17.1. The van der Waals surface area contributed by atoms with E-state index in [1.54, 1.807) is 6.20 Å². The van der Waals surface area contributed by atoms with Gasteiger partial charge in [0, 0.05) is 17.6 Å². The molecule has 0 aliphatic carbocycles. The van der Waals surface area contributed by atoms with Crippen LogP contribution in [0.1, 0.15) is 30.9 Å². The lowest BCUT2D eigenvalue weighted by Gasteiger charge is -2.13. The molecule has 0 spiro atoms. The second-order valence-corrected chi connectivity index (χ2v) is 7.74. The Bertz CT molecular complexity index is 887. The second kappa shape index (κ2) is 8.47. The van der Waals surface area contributed by atoms with Crippen LogP contribution in [-0.2, 0) is 6.54 Å². The highest BCUT2D eigenvalue weighted by Gasteiger charge is 2.03. The Kier molecular flexibility index (Phi) is 6.06. The van der Waals surface area contributed by atoms with Crippen molar-refractivity contribution in [3.05, 3.63) is 76.5 Å². The third-order valence-electron chi connectivity index (χ3n) is 3.97. The Labute approximate surface area is 167 Å². The molecule has 0 amide bonds. The zero-order valence-electron chi connectivity index (χ0n) is 14.7. The summed E-state index contributed by atoms with van der Waals surface area (Å²) in [6.45, 7) is 5.07. The molecule has 0 saturated carbocycles. The van der Waals surface area contributed by atoms with Crippen molar-refractivity contribution < 1.29 is 0 Å². The van der Waals surface area contributed by atoms with Crippen LogP contribution in [0.2, 0.25) is 0 Å². The monoisotopic (exact) mass is 428 g/mol. The highest BCUT2D eigenvalue weighted by atomic mass is 79.9. The summed E-state index contributed by atoms with van der Waals surface area (Å²) in [6, 6.07) is 16.5. The molecule has 0 fully saturated rings. The maximum absolute atomic E-state index is 5.43.